The van der Waals surface area contributed by atoms with E-state index < -0.39 is 0 Å². The first-order valence-electron chi connectivity index (χ1n) is 5.60. The van der Waals surface area contributed by atoms with E-state index in [-0.39, 0.29) is 12.4 Å². The molecule has 3 rings (SSSR count). The number of rotatable bonds is 2. The molecule has 3 atom stereocenters. The fraction of sp³-hybridized carbons (Fsp3) is 0.500. The number of hydrogen-bond acceptors (Lipinski definition) is 4. The molecule has 1 saturated heterocycles. The van der Waals surface area contributed by atoms with Gasteiger partial charge in [0.25, 0.3) is 0 Å². The minimum atomic E-state index is 0. The fourth-order valence-electron chi connectivity index (χ4n) is 2.57. The molecule has 1 N–H and O–H groups in total. The van der Waals surface area contributed by atoms with E-state index in [1.807, 2.05) is 0 Å². The van der Waals surface area contributed by atoms with Crippen LogP contribution in [0.5, 0.6) is 5.88 Å². The third-order valence-corrected chi connectivity index (χ3v) is 3.47. The Morgan fingerprint density at radius 3 is 2.82 bits per heavy atom. The lowest BCUT2D eigenvalue weighted by Crippen LogP contribution is -2.59. The van der Waals surface area contributed by atoms with E-state index in [9.17, 15) is 0 Å². The monoisotopic (exact) mass is 251 g/mol. The average Bonchev–Trinajstić information content (AvgIpc) is 2.37. The summed E-state index contributed by atoms with van der Waals surface area (Å²) in [5.74, 6) is 1.82. The lowest BCUT2D eigenvalue weighted by Gasteiger charge is -2.48. The Hall–Kier alpha value is -1.31. The van der Waals surface area contributed by atoms with Crippen molar-refractivity contribution < 1.29 is 4.74 Å². The Kier molecular flexibility index (Phi) is 3.51. The Balaban J connectivity index is 0.00000108. The molecule has 17 heavy (non-hydrogen) atoms. The molecule has 5 heteroatoms. The van der Waals surface area contributed by atoms with E-state index in [2.05, 4.69) is 16.4 Å². The van der Waals surface area contributed by atoms with Gasteiger partial charge in [0.05, 0.1) is 11.6 Å². The van der Waals surface area contributed by atoms with Crippen molar-refractivity contribution in [2.24, 2.45) is 11.8 Å². The predicted molar refractivity (Wildman–Crippen MR) is 65.1 cm³/mol. The molecular weight excluding hydrogens is 238 g/mol. The van der Waals surface area contributed by atoms with Crippen LogP contribution in [0.25, 0.3) is 0 Å². The van der Waals surface area contributed by atoms with E-state index in [1.54, 1.807) is 18.3 Å². The second-order valence-electron chi connectivity index (χ2n) is 4.49. The predicted octanol–water partition coefficient (Wildman–Crippen LogP) is 1.36. The van der Waals surface area contributed by atoms with Crippen LogP contribution in [0.4, 0.5) is 0 Å². The normalized spacial score (nSPS) is 29.5. The first-order valence-corrected chi connectivity index (χ1v) is 5.60. The molecule has 0 radical (unpaired) electrons. The Morgan fingerprint density at radius 1 is 1.41 bits per heavy atom. The first-order chi connectivity index (χ1) is 7.86. The zero-order valence-corrected chi connectivity index (χ0v) is 10.1. The molecular formula is C12H14ClN3O. The number of halogens is 1. The summed E-state index contributed by atoms with van der Waals surface area (Å²) in [6, 6.07) is 5.49. The van der Waals surface area contributed by atoms with E-state index in [0.29, 0.717) is 29.4 Å². The second-order valence-corrected chi connectivity index (χ2v) is 4.49. The molecule has 0 spiro atoms. The van der Waals surface area contributed by atoms with Crippen molar-refractivity contribution in [3.8, 4) is 11.9 Å². The first kappa shape index (κ1) is 12.2. The van der Waals surface area contributed by atoms with Gasteiger partial charge in [-0.3, -0.25) is 0 Å². The molecule has 0 amide bonds. The lowest BCUT2D eigenvalue weighted by atomic mass is 9.69. The number of nitrogens with zero attached hydrogens (tertiary/aromatic N) is 2. The summed E-state index contributed by atoms with van der Waals surface area (Å²) in [5, 5.41) is 12.2. The molecule has 1 unspecified atom stereocenters. The van der Waals surface area contributed by atoms with Crippen molar-refractivity contribution in [3.63, 3.8) is 0 Å². The average molecular weight is 252 g/mol. The van der Waals surface area contributed by atoms with Crippen LogP contribution in [-0.2, 0) is 0 Å². The summed E-state index contributed by atoms with van der Waals surface area (Å²) in [5.41, 5.74) is 0.604. The van der Waals surface area contributed by atoms with Gasteiger partial charge < -0.3 is 10.1 Å². The molecule has 2 heterocycles. The summed E-state index contributed by atoms with van der Waals surface area (Å²) in [7, 11) is 0. The van der Waals surface area contributed by atoms with E-state index in [0.717, 1.165) is 13.1 Å². The van der Waals surface area contributed by atoms with E-state index in [1.165, 1.54) is 6.42 Å². The third kappa shape index (κ3) is 2.21. The van der Waals surface area contributed by atoms with E-state index >= 15 is 0 Å². The van der Waals surface area contributed by atoms with Gasteiger partial charge in [0.15, 0.2) is 0 Å². The molecule has 1 aromatic heterocycles. The summed E-state index contributed by atoms with van der Waals surface area (Å²) < 4.78 is 5.86. The number of nitrogens with one attached hydrogen (secondary N) is 1. The minimum Gasteiger partial charge on any atom is -0.474 e. The van der Waals surface area contributed by atoms with Crippen LogP contribution in [0, 0.1) is 23.2 Å². The largest absolute Gasteiger partial charge is 0.474 e. The maximum absolute atomic E-state index is 8.79. The zero-order valence-electron chi connectivity index (χ0n) is 9.30. The Labute approximate surface area is 106 Å². The molecule has 1 saturated carbocycles. The number of piperidine rings is 2. The maximum atomic E-state index is 8.79. The van der Waals surface area contributed by atoms with Crippen LogP contribution in [-0.4, -0.2) is 24.2 Å². The van der Waals surface area contributed by atoms with Crippen molar-refractivity contribution in [1.29, 1.82) is 5.26 Å². The summed E-state index contributed by atoms with van der Waals surface area (Å²) in [6.07, 6.45) is 3.18. The quantitative estimate of drug-likeness (QED) is 0.862. The van der Waals surface area contributed by atoms with Crippen molar-refractivity contribution >= 4 is 12.4 Å². The van der Waals surface area contributed by atoms with Crippen LogP contribution in [0.2, 0.25) is 0 Å². The topological polar surface area (TPSA) is 57.9 Å². The van der Waals surface area contributed by atoms with Crippen LogP contribution in [0.1, 0.15) is 12.0 Å². The highest BCUT2D eigenvalue weighted by Crippen LogP contribution is 2.39. The fourth-order valence-corrected chi connectivity index (χ4v) is 2.57. The van der Waals surface area contributed by atoms with Crippen molar-refractivity contribution in [2.75, 3.05) is 13.1 Å². The number of pyridine rings is 1. The van der Waals surface area contributed by atoms with Gasteiger partial charge in [-0.05, 0) is 12.5 Å². The molecule has 1 aliphatic carbocycles. The molecule has 0 aromatic carbocycles. The highest BCUT2D eigenvalue weighted by molar-refractivity contribution is 5.85. The van der Waals surface area contributed by atoms with Crippen molar-refractivity contribution in [3.05, 3.63) is 23.9 Å². The van der Waals surface area contributed by atoms with Gasteiger partial charge in [0.1, 0.15) is 6.10 Å². The summed E-state index contributed by atoms with van der Waals surface area (Å²) in [4.78, 5) is 4.14. The van der Waals surface area contributed by atoms with Gasteiger partial charge in [-0.1, -0.05) is 0 Å². The molecule has 1 aromatic rings. The number of nitriles is 1. The van der Waals surface area contributed by atoms with Crippen LogP contribution in [0.3, 0.4) is 0 Å². The summed E-state index contributed by atoms with van der Waals surface area (Å²) in [6.45, 7) is 2.08. The Bertz CT molecular complexity index is 432. The van der Waals surface area contributed by atoms with Gasteiger partial charge in [0, 0.05) is 37.2 Å². The van der Waals surface area contributed by atoms with Gasteiger partial charge in [-0.2, -0.15) is 5.26 Å². The number of aromatic nitrogens is 1. The number of fused-ring (bicyclic) bond motifs is 2. The highest BCUT2D eigenvalue weighted by atomic mass is 35.5. The number of ether oxygens (including phenoxy) is 1. The third-order valence-electron chi connectivity index (χ3n) is 3.47. The van der Waals surface area contributed by atoms with Crippen LogP contribution < -0.4 is 10.1 Å². The van der Waals surface area contributed by atoms with Crippen LogP contribution in [0.15, 0.2) is 18.3 Å². The smallest absolute Gasteiger partial charge is 0.214 e. The maximum Gasteiger partial charge on any atom is 0.214 e. The molecule has 4 nitrogen and oxygen atoms in total. The summed E-state index contributed by atoms with van der Waals surface area (Å²) >= 11 is 0. The van der Waals surface area contributed by atoms with Gasteiger partial charge in [-0.15, -0.1) is 12.4 Å². The van der Waals surface area contributed by atoms with Crippen molar-refractivity contribution in [2.45, 2.75) is 12.5 Å². The Morgan fingerprint density at radius 2 is 2.18 bits per heavy atom. The number of hydrogen-bond donors (Lipinski definition) is 1. The van der Waals surface area contributed by atoms with E-state index in [4.69, 9.17) is 10.00 Å². The van der Waals surface area contributed by atoms with Crippen LogP contribution >= 0.6 is 12.4 Å². The second kappa shape index (κ2) is 4.91. The van der Waals surface area contributed by atoms with Crippen molar-refractivity contribution in [1.82, 2.24) is 10.3 Å². The standard InChI is InChI=1S/C12H13N3O.ClH/c13-5-8-1-2-15-11(3-8)16-12-9-4-10(12)7-14-6-9;/h1-3,9-10,12,14H,4,6-7H2;1H/t9-,10+,12?;. The molecule has 90 valence electrons. The highest BCUT2D eigenvalue weighted by Gasteiger charge is 2.45. The van der Waals surface area contributed by atoms with Gasteiger partial charge in [-0.25, -0.2) is 4.98 Å². The SMILES string of the molecule is Cl.N#Cc1ccnc(OC2[C@@H]3CNC[C@H]2C3)c1. The molecule has 2 aliphatic rings. The van der Waals surface area contributed by atoms with Gasteiger partial charge in [0.2, 0.25) is 5.88 Å². The van der Waals surface area contributed by atoms with Gasteiger partial charge >= 0.3 is 0 Å². The molecule has 2 fully saturated rings. The zero-order chi connectivity index (χ0) is 11.0. The lowest BCUT2D eigenvalue weighted by molar-refractivity contribution is -0.0470. The minimum absolute atomic E-state index is 0. The molecule has 2 bridgehead atoms. The molecule has 1 aliphatic heterocycles.